The van der Waals surface area contributed by atoms with Crippen LogP contribution in [-0.4, -0.2) is 33.7 Å². The fourth-order valence-electron chi connectivity index (χ4n) is 2.20. The number of hydrogen-bond acceptors (Lipinski definition) is 3. The summed E-state index contributed by atoms with van der Waals surface area (Å²) in [5.74, 6) is 1.21. The smallest absolute Gasteiger partial charge is 0.188 e. The van der Waals surface area contributed by atoms with Crippen LogP contribution in [0.1, 0.15) is 24.8 Å². The van der Waals surface area contributed by atoms with E-state index in [0.717, 1.165) is 18.5 Å². The van der Waals surface area contributed by atoms with Gasteiger partial charge in [-0.25, -0.2) is 8.42 Å². The van der Waals surface area contributed by atoms with E-state index in [9.17, 15) is 8.42 Å². The Balaban J connectivity index is 1.75. The quantitative estimate of drug-likeness (QED) is 0.613. The Labute approximate surface area is 126 Å². The highest BCUT2D eigenvalue weighted by Gasteiger charge is 2.16. The van der Waals surface area contributed by atoms with Gasteiger partial charge in [0.15, 0.2) is 15.8 Å². The molecular weight excluding hydrogens is 286 g/mol. The second-order valence-corrected chi connectivity index (χ2v) is 7.63. The van der Waals surface area contributed by atoms with Crippen LogP contribution >= 0.6 is 0 Å². The van der Waals surface area contributed by atoms with Gasteiger partial charge in [0.05, 0.1) is 4.90 Å². The molecule has 0 aromatic heterocycles. The molecule has 1 aliphatic rings. The topological polar surface area (TPSA) is 84.5 Å². The minimum atomic E-state index is -3.12. The fraction of sp³-hybridized carbons (Fsp3) is 0.533. The molecule has 0 spiro atoms. The van der Waals surface area contributed by atoms with E-state index in [0.29, 0.717) is 23.3 Å². The number of sulfone groups is 1. The first kappa shape index (κ1) is 15.8. The number of nitrogens with two attached hydrogens (primary N) is 1. The molecule has 1 saturated carbocycles. The summed E-state index contributed by atoms with van der Waals surface area (Å²) < 4.78 is 22.7. The molecule has 1 aliphatic carbocycles. The predicted octanol–water partition coefficient (Wildman–Crippen LogP) is 1.34. The summed E-state index contributed by atoms with van der Waals surface area (Å²) in [4.78, 5) is 4.68. The first-order valence-electron chi connectivity index (χ1n) is 7.28. The van der Waals surface area contributed by atoms with E-state index in [1.807, 2.05) is 12.1 Å². The van der Waals surface area contributed by atoms with Crippen molar-refractivity contribution < 1.29 is 8.42 Å². The number of nitrogens with one attached hydrogen (secondary N) is 1. The van der Waals surface area contributed by atoms with E-state index in [-0.39, 0.29) is 0 Å². The molecule has 1 aromatic rings. The molecule has 0 amide bonds. The molecule has 0 saturated heterocycles. The first-order valence-corrected chi connectivity index (χ1v) is 9.17. The Hall–Kier alpha value is -1.56. The van der Waals surface area contributed by atoms with Gasteiger partial charge in [0, 0.05) is 19.3 Å². The molecule has 3 N–H and O–H groups in total. The SMILES string of the molecule is CS(=O)(=O)c1ccc(CCNC(N)=NCC2CCC2)cc1. The van der Waals surface area contributed by atoms with Crippen molar-refractivity contribution in [3.63, 3.8) is 0 Å². The third kappa shape index (κ3) is 5.04. The number of aliphatic imine (C=N–C) groups is 1. The van der Waals surface area contributed by atoms with E-state index < -0.39 is 9.84 Å². The summed E-state index contributed by atoms with van der Waals surface area (Å²) in [6.45, 7) is 1.51. The van der Waals surface area contributed by atoms with Gasteiger partial charge in [0.25, 0.3) is 0 Å². The molecule has 0 aliphatic heterocycles. The van der Waals surface area contributed by atoms with Crippen molar-refractivity contribution in [1.82, 2.24) is 5.32 Å². The zero-order chi connectivity index (χ0) is 15.3. The lowest BCUT2D eigenvalue weighted by Gasteiger charge is -2.23. The summed E-state index contributed by atoms with van der Waals surface area (Å²) >= 11 is 0. The molecule has 0 atom stereocenters. The molecule has 0 bridgehead atoms. The van der Waals surface area contributed by atoms with Crippen molar-refractivity contribution in [3.05, 3.63) is 29.8 Å². The second-order valence-electron chi connectivity index (χ2n) is 5.62. The fourth-order valence-corrected chi connectivity index (χ4v) is 2.83. The minimum Gasteiger partial charge on any atom is -0.370 e. The maximum atomic E-state index is 11.4. The number of hydrogen-bond donors (Lipinski definition) is 2. The van der Waals surface area contributed by atoms with Gasteiger partial charge in [-0.05, 0) is 42.9 Å². The zero-order valence-electron chi connectivity index (χ0n) is 12.4. The third-order valence-electron chi connectivity index (χ3n) is 3.82. The van der Waals surface area contributed by atoms with E-state index in [2.05, 4.69) is 10.3 Å². The molecule has 1 fully saturated rings. The summed E-state index contributed by atoms with van der Waals surface area (Å²) in [5.41, 5.74) is 6.88. The monoisotopic (exact) mass is 309 g/mol. The molecule has 0 heterocycles. The van der Waals surface area contributed by atoms with Crippen molar-refractivity contribution in [2.45, 2.75) is 30.6 Å². The van der Waals surface area contributed by atoms with Crippen LogP contribution in [0.25, 0.3) is 0 Å². The minimum absolute atomic E-state index is 0.348. The molecule has 0 radical (unpaired) electrons. The molecule has 1 aromatic carbocycles. The standard InChI is InChI=1S/C15H23N3O2S/c1-21(19,20)14-7-5-12(6-8-14)9-10-17-15(16)18-11-13-3-2-4-13/h5-8,13H,2-4,9-11H2,1H3,(H3,16,17,18). The van der Waals surface area contributed by atoms with Crippen molar-refractivity contribution in [2.24, 2.45) is 16.6 Å². The Morgan fingerprint density at radius 1 is 1.33 bits per heavy atom. The second kappa shape index (κ2) is 6.93. The maximum Gasteiger partial charge on any atom is 0.188 e. The number of guanidine groups is 1. The van der Waals surface area contributed by atoms with Crippen LogP contribution in [0.5, 0.6) is 0 Å². The summed E-state index contributed by atoms with van der Waals surface area (Å²) in [7, 11) is -3.12. The van der Waals surface area contributed by atoms with E-state index in [1.165, 1.54) is 25.5 Å². The molecule has 6 heteroatoms. The Kier molecular flexibility index (Phi) is 5.22. The average Bonchev–Trinajstić information content (AvgIpc) is 2.36. The van der Waals surface area contributed by atoms with Crippen LogP contribution < -0.4 is 11.1 Å². The Morgan fingerprint density at radius 2 is 2.00 bits per heavy atom. The van der Waals surface area contributed by atoms with Gasteiger partial charge in [-0.2, -0.15) is 0 Å². The third-order valence-corrected chi connectivity index (χ3v) is 4.94. The maximum absolute atomic E-state index is 11.4. The molecule has 116 valence electrons. The molecule has 5 nitrogen and oxygen atoms in total. The first-order chi connectivity index (χ1) is 9.95. The van der Waals surface area contributed by atoms with Gasteiger partial charge >= 0.3 is 0 Å². The molecular formula is C15H23N3O2S. The lowest BCUT2D eigenvalue weighted by Crippen LogP contribution is -2.34. The lowest BCUT2D eigenvalue weighted by molar-refractivity contribution is 0.326. The van der Waals surface area contributed by atoms with E-state index in [1.54, 1.807) is 12.1 Å². The number of nitrogens with zero attached hydrogens (tertiary/aromatic N) is 1. The summed E-state index contributed by atoms with van der Waals surface area (Å²) in [6.07, 6.45) is 5.84. The van der Waals surface area contributed by atoms with Crippen LogP contribution in [0.15, 0.2) is 34.2 Å². The van der Waals surface area contributed by atoms with Gasteiger partial charge < -0.3 is 11.1 Å². The van der Waals surface area contributed by atoms with Gasteiger partial charge in [-0.1, -0.05) is 18.6 Å². The van der Waals surface area contributed by atoms with Crippen molar-refractivity contribution in [3.8, 4) is 0 Å². The van der Waals surface area contributed by atoms with Crippen LogP contribution in [0.3, 0.4) is 0 Å². The Bertz CT molecular complexity index is 590. The van der Waals surface area contributed by atoms with E-state index >= 15 is 0 Å². The van der Waals surface area contributed by atoms with Crippen molar-refractivity contribution in [2.75, 3.05) is 19.3 Å². The Morgan fingerprint density at radius 3 is 2.52 bits per heavy atom. The van der Waals surface area contributed by atoms with Crippen molar-refractivity contribution >= 4 is 15.8 Å². The zero-order valence-corrected chi connectivity index (χ0v) is 13.2. The molecule has 21 heavy (non-hydrogen) atoms. The summed E-state index contributed by atoms with van der Waals surface area (Å²) in [6, 6.07) is 6.94. The molecule has 0 unspecified atom stereocenters. The van der Waals surface area contributed by atoms with Gasteiger partial charge in [-0.3, -0.25) is 4.99 Å². The van der Waals surface area contributed by atoms with Crippen LogP contribution in [0.2, 0.25) is 0 Å². The average molecular weight is 309 g/mol. The highest BCUT2D eigenvalue weighted by molar-refractivity contribution is 7.90. The highest BCUT2D eigenvalue weighted by atomic mass is 32.2. The number of benzene rings is 1. The van der Waals surface area contributed by atoms with Crippen LogP contribution in [0, 0.1) is 5.92 Å². The van der Waals surface area contributed by atoms with Gasteiger partial charge in [0.1, 0.15) is 0 Å². The predicted molar refractivity (Wildman–Crippen MR) is 85.1 cm³/mol. The normalized spacial score (nSPS) is 16.5. The van der Waals surface area contributed by atoms with Gasteiger partial charge in [0.2, 0.25) is 0 Å². The number of rotatable bonds is 6. The van der Waals surface area contributed by atoms with Gasteiger partial charge in [-0.15, -0.1) is 0 Å². The van der Waals surface area contributed by atoms with Crippen molar-refractivity contribution in [1.29, 1.82) is 0 Å². The van der Waals surface area contributed by atoms with Crippen LogP contribution in [0.4, 0.5) is 0 Å². The highest BCUT2D eigenvalue weighted by Crippen LogP contribution is 2.26. The molecule has 2 rings (SSSR count). The summed E-state index contributed by atoms with van der Waals surface area (Å²) in [5, 5.41) is 3.09. The van der Waals surface area contributed by atoms with E-state index in [4.69, 9.17) is 5.73 Å². The largest absolute Gasteiger partial charge is 0.370 e. The van der Waals surface area contributed by atoms with Crippen LogP contribution in [-0.2, 0) is 16.3 Å². The lowest BCUT2D eigenvalue weighted by atomic mass is 9.86.